The fourth-order valence-electron chi connectivity index (χ4n) is 6.02. The molecule has 0 bridgehead atoms. The van der Waals surface area contributed by atoms with Crippen molar-refractivity contribution in [2.75, 3.05) is 0 Å². The molecule has 4 nitrogen and oxygen atoms in total. The fraction of sp³-hybridized carbons (Fsp3) is 0. The van der Waals surface area contributed by atoms with Crippen molar-refractivity contribution in [1.82, 2.24) is 15.0 Å². The van der Waals surface area contributed by atoms with Crippen molar-refractivity contribution in [2.45, 2.75) is 0 Å². The molecule has 0 aliphatic carbocycles. The average Bonchev–Trinajstić information content (AvgIpc) is 3.92. The van der Waals surface area contributed by atoms with E-state index in [1.807, 2.05) is 66.7 Å². The van der Waals surface area contributed by atoms with Crippen molar-refractivity contribution in [2.24, 2.45) is 0 Å². The molecule has 0 aliphatic heterocycles. The number of nitrogens with zero attached hydrogens (tertiary/aromatic N) is 3. The van der Waals surface area contributed by atoms with Crippen LogP contribution in [0.3, 0.4) is 0 Å². The first-order valence-corrected chi connectivity index (χ1v) is 16.3. The number of hydrogen-bond donors (Lipinski definition) is 0. The van der Waals surface area contributed by atoms with Gasteiger partial charge in [-0.1, -0.05) is 115 Å². The van der Waals surface area contributed by atoms with E-state index in [-0.39, 0.29) is 82.8 Å². The highest BCUT2D eigenvalue weighted by atomic mass is 32.1. The number of aromatic nitrogens is 3. The minimum atomic E-state index is -0.599. The van der Waals surface area contributed by atoms with Crippen molar-refractivity contribution >= 4 is 53.4 Å². The number of furan rings is 1. The number of benzene rings is 7. The molecule has 10 aromatic rings. The van der Waals surface area contributed by atoms with E-state index in [1.54, 1.807) is 12.1 Å². The highest BCUT2D eigenvalue weighted by Crippen LogP contribution is 2.40. The lowest BCUT2D eigenvalue weighted by atomic mass is 9.98. The molecule has 3 aromatic heterocycles. The summed E-state index contributed by atoms with van der Waals surface area (Å²) in [7, 11) is 0. The van der Waals surface area contributed by atoms with Crippen LogP contribution in [0.1, 0.15) is 19.2 Å². The molecule has 0 aliphatic rings. The summed E-state index contributed by atoms with van der Waals surface area (Å²) in [4.78, 5) is 14.3. The van der Waals surface area contributed by atoms with Gasteiger partial charge in [0.2, 0.25) is 0 Å². The zero-order valence-electron chi connectivity index (χ0n) is 39.7. The molecule has 0 amide bonds. The molecule has 50 heavy (non-hydrogen) atoms. The Morgan fingerprint density at radius 3 is 1.92 bits per heavy atom. The molecule has 5 heteroatoms. The van der Waals surface area contributed by atoms with Crippen LogP contribution in [0, 0.1) is 0 Å². The van der Waals surface area contributed by atoms with Crippen molar-refractivity contribution < 1.29 is 23.6 Å². The summed E-state index contributed by atoms with van der Waals surface area (Å²) in [6.07, 6.45) is 0. The molecule has 0 N–H and O–H groups in total. The predicted octanol–water partition coefficient (Wildman–Crippen LogP) is 12.5. The summed E-state index contributed by atoms with van der Waals surface area (Å²) < 4.78 is 129. The highest BCUT2D eigenvalue weighted by molar-refractivity contribution is 7.25. The van der Waals surface area contributed by atoms with Crippen molar-refractivity contribution in [3.8, 4) is 56.4 Å². The topological polar surface area (TPSA) is 51.8 Å². The number of hydrogen-bond acceptors (Lipinski definition) is 5. The lowest BCUT2D eigenvalue weighted by Crippen LogP contribution is -2.00. The maximum Gasteiger partial charge on any atom is 0.164 e. The normalized spacial score (nSPS) is 15.5. The monoisotopic (exact) mass is 671 g/mol. The Hall–Kier alpha value is -6.43. The third kappa shape index (κ3) is 4.87. The predicted molar refractivity (Wildman–Crippen MR) is 207 cm³/mol. The van der Waals surface area contributed by atoms with E-state index >= 15 is 0 Å². The van der Waals surface area contributed by atoms with Gasteiger partial charge in [0.25, 0.3) is 0 Å². The van der Waals surface area contributed by atoms with Gasteiger partial charge in [0, 0.05) is 47.6 Å². The third-order valence-corrected chi connectivity index (χ3v) is 9.36. The van der Waals surface area contributed by atoms with Crippen molar-refractivity contribution in [3.05, 3.63) is 163 Å². The molecular formula is C45H27N3OS. The molecule has 0 fully saturated rings. The van der Waals surface area contributed by atoms with Gasteiger partial charge in [-0.05, 0) is 70.6 Å². The first-order valence-electron chi connectivity index (χ1n) is 22.5. The van der Waals surface area contributed by atoms with Gasteiger partial charge in [-0.3, -0.25) is 0 Å². The van der Waals surface area contributed by atoms with Crippen LogP contribution in [0.2, 0.25) is 0 Å². The third-order valence-electron chi connectivity index (χ3n) is 8.34. The largest absolute Gasteiger partial charge is 0.456 e. The molecule has 0 radical (unpaired) electrons. The number of rotatable bonds is 5. The van der Waals surface area contributed by atoms with E-state index in [0.717, 1.165) is 33.6 Å². The Morgan fingerprint density at radius 2 is 1.08 bits per heavy atom. The van der Waals surface area contributed by atoms with Gasteiger partial charge in [0.15, 0.2) is 17.5 Å². The average molecular weight is 672 g/mol. The van der Waals surface area contributed by atoms with Crippen molar-refractivity contribution in [1.29, 1.82) is 0 Å². The van der Waals surface area contributed by atoms with Crippen LogP contribution in [-0.4, -0.2) is 15.0 Å². The lowest BCUT2D eigenvalue weighted by molar-refractivity contribution is 0.669. The molecule has 0 saturated heterocycles. The van der Waals surface area contributed by atoms with Gasteiger partial charge in [-0.15, -0.1) is 11.3 Å². The van der Waals surface area contributed by atoms with Gasteiger partial charge in [0.1, 0.15) is 11.2 Å². The standard InChI is InChI=1S/C45H27N3OS/c1-2-11-28(12-3-1)29-13-8-14-30(25-29)31-15-9-16-32(26-31)43-46-44(33-23-24-39-37(27-33)34-17-4-6-20-38(34)49-39)48-45(47-43)36-19-10-22-41-42(36)35-18-5-7-21-40(35)50-41/h1-27H/i4D,5D,6D,7D,10D,17D,18D,19D,20D,21D,22D,23D,24D,27D. The molecule has 0 spiro atoms. The molecule has 0 atom stereocenters. The summed E-state index contributed by atoms with van der Waals surface area (Å²) >= 11 is 0.869. The van der Waals surface area contributed by atoms with Crippen LogP contribution in [0.4, 0.5) is 0 Å². The molecule has 0 saturated carbocycles. The summed E-state index contributed by atoms with van der Waals surface area (Å²) in [5.41, 5.74) is 2.84. The Balaban J connectivity index is 1.30. The first kappa shape index (κ1) is 17.8. The van der Waals surface area contributed by atoms with Crippen LogP contribution in [0.25, 0.3) is 98.5 Å². The summed E-state index contributed by atoms with van der Waals surface area (Å²) in [5.74, 6) is -0.690. The molecule has 10 rings (SSSR count). The van der Waals surface area contributed by atoms with Gasteiger partial charge in [0.05, 0.1) is 19.2 Å². The minimum Gasteiger partial charge on any atom is -0.456 e. The van der Waals surface area contributed by atoms with Gasteiger partial charge < -0.3 is 4.42 Å². The first-order chi connectivity index (χ1) is 30.6. The maximum atomic E-state index is 9.52. The molecule has 0 unspecified atom stereocenters. The Morgan fingerprint density at radius 1 is 0.460 bits per heavy atom. The minimum absolute atomic E-state index is 0.0111. The quantitative estimate of drug-likeness (QED) is 0.183. The zero-order chi connectivity index (χ0) is 45.2. The van der Waals surface area contributed by atoms with Crippen molar-refractivity contribution in [3.63, 3.8) is 0 Å². The summed E-state index contributed by atoms with van der Waals surface area (Å²) in [5, 5.41) is -0.349. The SMILES string of the molecule is [2H]c1c([2H])c([2H])c2c(oc3c([2H])c([2H])c(-c4nc(-c5cccc(-c6cccc(-c7ccccc7)c6)c5)nc(-c5c([2H])c([2H])c([2H])c6sc7c([2H])c([2H])c([2H])c([2H])c7c56)n4)c([2H])c32)c1[2H]. The number of fused-ring (bicyclic) bond motifs is 6. The van der Waals surface area contributed by atoms with E-state index in [9.17, 15) is 4.11 Å². The fourth-order valence-corrected chi connectivity index (χ4v) is 6.99. The zero-order valence-corrected chi connectivity index (χ0v) is 26.5. The highest BCUT2D eigenvalue weighted by Gasteiger charge is 2.18. The van der Waals surface area contributed by atoms with E-state index in [2.05, 4.69) is 0 Å². The summed E-state index contributed by atoms with van der Waals surface area (Å²) in [6, 6.07) is 17.7. The van der Waals surface area contributed by atoms with Crippen LogP contribution in [0.15, 0.2) is 168 Å². The van der Waals surface area contributed by atoms with E-state index < -0.39 is 72.5 Å². The second-order valence-corrected chi connectivity index (χ2v) is 12.4. The van der Waals surface area contributed by atoms with Gasteiger partial charge >= 0.3 is 0 Å². The molecular weight excluding hydrogens is 631 g/mol. The van der Waals surface area contributed by atoms with Gasteiger partial charge in [-0.25, -0.2) is 15.0 Å². The number of thiophene rings is 1. The van der Waals surface area contributed by atoms with Crippen LogP contribution in [0.5, 0.6) is 0 Å². The number of para-hydroxylation sites is 1. The van der Waals surface area contributed by atoms with Crippen LogP contribution >= 0.6 is 11.3 Å². The Labute approximate surface area is 311 Å². The van der Waals surface area contributed by atoms with Gasteiger partial charge in [-0.2, -0.15) is 0 Å². The van der Waals surface area contributed by atoms with E-state index in [1.165, 1.54) is 0 Å². The molecule has 3 heterocycles. The Bertz CT molecular complexity index is 3690. The van der Waals surface area contributed by atoms with Crippen LogP contribution < -0.4 is 0 Å². The second kappa shape index (κ2) is 11.6. The smallest absolute Gasteiger partial charge is 0.164 e. The molecule has 7 aromatic carbocycles. The Kier molecular flexibility index (Phi) is 4.14. The van der Waals surface area contributed by atoms with Crippen LogP contribution in [-0.2, 0) is 0 Å². The lowest BCUT2D eigenvalue weighted by Gasteiger charge is -2.11. The second-order valence-electron chi connectivity index (χ2n) is 11.4. The molecule has 234 valence electrons. The van der Waals surface area contributed by atoms with E-state index in [0.29, 0.717) is 5.56 Å². The maximum absolute atomic E-state index is 9.52. The summed E-state index contributed by atoms with van der Waals surface area (Å²) in [6.45, 7) is 0. The van der Waals surface area contributed by atoms with E-state index in [4.69, 9.17) is 34.4 Å².